The van der Waals surface area contributed by atoms with E-state index in [1.54, 1.807) is 12.1 Å². The molecule has 0 atom stereocenters. The first-order valence-corrected chi connectivity index (χ1v) is 7.15. The molecule has 1 aliphatic rings. The fraction of sp³-hybridized carbons (Fsp3) is 0.400. The molecular weight excluding hydrogens is 303 g/mol. The Morgan fingerprint density at radius 3 is 2.53 bits per heavy atom. The molecule has 9 heteroatoms. The molecule has 1 fully saturated rings. The van der Waals surface area contributed by atoms with E-state index in [9.17, 15) is 8.42 Å². The maximum absolute atomic E-state index is 10.7. The molecule has 1 aliphatic heterocycles. The molecule has 1 saturated heterocycles. The van der Waals surface area contributed by atoms with Crippen molar-refractivity contribution >= 4 is 33.3 Å². The van der Waals surface area contributed by atoms with Crippen molar-refractivity contribution in [2.75, 3.05) is 35.9 Å². The summed E-state index contributed by atoms with van der Waals surface area (Å²) in [5.41, 5.74) is 1.04. The molecule has 0 amide bonds. The van der Waals surface area contributed by atoms with Crippen molar-refractivity contribution in [1.82, 2.24) is 0 Å². The third-order valence-corrected chi connectivity index (χ3v) is 3.34. The van der Waals surface area contributed by atoms with Crippen LogP contribution < -0.4 is 39.2 Å². The van der Waals surface area contributed by atoms with Crippen LogP contribution in [0.15, 0.2) is 18.2 Å². The van der Waals surface area contributed by atoms with Gasteiger partial charge in [0, 0.05) is 13.1 Å². The van der Waals surface area contributed by atoms with Gasteiger partial charge in [0.05, 0.1) is 29.6 Å². The summed E-state index contributed by atoms with van der Waals surface area (Å²) in [5, 5.41) is 0.422. The predicted molar refractivity (Wildman–Crippen MR) is 70.8 cm³/mol. The third-order valence-electron chi connectivity index (χ3n) is 2.55. The van der Waals surface area contributed by atoms with E-state index in [-0.39, 0.29) is 36.7 Å². The van der Waals surface area contributed by atoms with E-state index in [0.29, 0.717) is 18.2 Å². The van der Waals surface area contributed by atoms with Crippen LogP contribution in [0.3, 0.4) is 0 Å². The second-order valence-electron chi connectivity index (χ2n) is 3.84. The van der Waals surface area contributed by atoms with Crippen molar-refractivity contribution in [3.05, 3.63) is 23.2 Å². The number of nitrogens with one attached hydrogen (secondary N) is 1. The summed E-state index contributed by atoms with van der Waals surface area (Å²) in [6, 6.07) is 4.71. The number of nitrogens with zero attached hydrogens (tertiary/aromatic N) is 1. The van der Waals surface area contributed by atoms with Crippen LogP contribution >= 0.6 is 11.6 Å². The topological polar surface area (TPSA) is 78.9 Å². The molecule has 0 aliphatic carbocycles. The van der Waals surface area contributed by atoms with Gasteiger partial charge in [-0.3, -0.25) is 9.27 Å². The van der Waals surface area contributed by atoms with Gasteiger partial charge in [-0.25, -0.2) is 0 Å². The van der Waals surface area contributed by atoms with Gasteiger partial charge in [0.25, 0.3) is 0 Å². The predicted octanol–water partition coefficient (Wildman–Crippen LogP) is -1.49. The van der Waals surface area contributed by atoms with E-state index >= 15 is 0 Å². The maximum Gasteiger partial charge on any atom is 1.00 e. The van der Waals surface area contributed by atoms with Gasteiger partial charge < -0.3 is 11.1 Å². The minimum absolute atomic E-state index is 0. The molecule has 0 bridgehead atoms. The Balaban J connectivity index is 0.00000180. The summed E-state index contributed by atoms with van der Waals surface area (Å²) in [4.78, 5) is 2.06. The molecule has 0 saturated carbocycles. The Hall–Kier alpha value is -0.0200. The number of morpholine rings is 1. The van der Waals surface area contributed by atoms with E-state index in [0.717, 1.165) is 18.8 Å². The first kappa shape index (κ1) is 17.0. The zero-order valence-corrected chi connectivity index (χ0v) is 14.0. The molecule has 0 aromatic heterocycles. The van der Waals surface area contributed by atoms with Crippen LogP contribution in [0, 0.1) is 0 Å². The van der Waals surface area contributed by atoms with Gasteiger partial charge in [-0.2, -0.15) is 8.42 Å². The fourth-order valence-electron chi connectivity index (χ4n) is 1.78. The number of hydrogen-bond donors (Lipinski definition) is 2. The van der Waals surface area contributed by atoms with Gasteiger partial charge in [0.1, 0.15) is 0 Å². The SMILES string of the molecule is O=S(=O)(O)Nc1ccc(N2CCOCC2)c(Cl)c1.[H-].[Na+]. The number of halogens is 1. The Morgan fingerprint density at radius 1 is 1.37 bits per heavy atom. The second kappa shape index (κ2) is 7.12. The molecule has 6 nitrogen and oxygen atoms in total. The van der Waals surface area contributed by atoms with Crippen molar-refractivity contribution in [2.24, 2.45) is 0 Å². The van der Waals surface area contributed by atoms with E-state index in [1.807, 2.05) is 4.72 Å². The van der Waals surface area contributed by atoms with Crippen molar-refractivity contribution in [1.29, 1.82) is 0 Å². The summed E-state index contributed by atoms with van der Waals surface area (Å²) in [7, 11) is -4.27. The Kier molecular flexibility index (Phi) is 6.38. The summed E-state index contributed by atoms with van der Waals surface area (Å²) in [6.07, 6.45) is 0. The van der Waals surface area contributed by atoms with Crippen molar-refractivity contribution in [2.45, 2.75) is 0 Å². The van der Waals surface area contributed by atoms with Crippen molar-refractivity contribution < 1.29 is 48.7 Å². The molecule has 19 heavy (non-hydrogen) atoms. The molecule has 2 N–H and O–H groups in total. The Morgan fingerprint density at radius 2 is 2.00 bits per heavy atom. The summed E-state index contributed by atoms with van der Waals surface area (Å²) in [6.45, 7) is 2.76. The summed E-state index contributed by atoms with van der Waals surface area (Å²) in [5.74, 6) is 0. The number of benzene rings is 1. The summed E-state index contributed by atoms with van der Waals surface area (Å²) >= 11 is 6.09. The van der Waals surface area contributed by atoms with Crippen LogP contribution in [0.2, 0.25) is 5.02 Å². The van der Waals surface area contributed by atoms with Gasteiger partial charge in [-0.15, -0.1) is 0 Å². The molecule has 0 radical (unpaired) electrons. The molecule has 1 aromatic carbocycles. The standard InChI is InChI=1S/C10H13ClN2O4S.Na.H/c11-9-7-8(12-18(14,15)16)1-2-10(9)13-3-5-17-6-4-13;;/h1-2,7,12H,3-6H2,(H,14,15,16);;/q;+1;-1. The van der Waals surface area contributed by atoms with Crippen LogP contribution in [0.1, 0.15) is 1.43 Å². The quantitative estimate of drug-likeness (QED) is 0.525. The van der Waals surface area contributed by atoms with Gasteiger partial charge in [0.15, 0.2) is 0 Å². The first-order valence-electron chi connectivity index (χ1n) is 5.33. The smallest absolute Gasteiger partial charge is 1.00 e. The van der Waals surface area contributed by atoms with Gasteiger partial charge >= 0.3 is 39.9 Å². The maximum atomic E-state index is 10.7. The molecule has 1 heterocycles. The molecule has 102 valence electrons. The molecule has 1 aromatic rings. The Bertz CT molecular complexity index is 540. The van der Waals surface area contributed by atoms with E-state index in [2.05, 4.69) is 4.90 Å². The van der Waals surface area contributed by atoms with Crippen molar-refractivity contribution in [3.63, 3.8) is 0 Å². The van der Waals surface area contributed by atoms with Gasteiger partial charge in [0.2, 0.25) is 0 Å². The average molecular weight is 317 g/mol. The van der Waals surface area contributed by atoms with Crippen LogP contribution in [0.25, 0.3) is 0 Å². The Labute approximate surface area is 140 Å². The van der Waals surface area contributed by atoms with Crippen LogP contribution in [0.4, 0.5) is 11.4 Å². The minimum atomic E-state index is -4.27. The third kappa shape index (κ3) is 5.11. The normalized spacial score (nSPS) is 15.8. The number of rotatable bonds is 3. The van der Waals surface area contributed by atoms with Gasteiger partial charge in [-0.1, -0.05) is 11.6 Å². The fourth-order valence-corrected chi connectivity index (χ4v) is 2.50. The molecule has 0 unspecified atom stereocenters. The second-order valence-corrected chi connectivity index (χ2v) is 5.40. The largest absolute Gasteiger partial charge is 1.00 e. The number of anilines is 2. The first-order chi connectivity index (χ1) is 8.46. The van der Waals surface area contributed by atoms with Crippen molar-refractivity contribution in [3.8, 4) is 0 Å². The number of ether oxygens (including phenoxy) is 1. The number of hydrogen-bond acceptors (Lipinski definition) is 4. The average Bonchev–Trinajstić information content (AvgIpc) is 2.28. The van der Waals surface area contributed by atoms with Gasteiger partial charge in [-0.05, 0) is 18.2 Å². The minimum Gasteiger partial charge on any atom is -1.00 e. The van der Waals surface area contributed by atoms with Crippen LogP contribution in [-0.4, -0.2) is 39.3 Å². The zero-order chi connectivity index (χ0) is 13.2. The molecule has 0 spiro atoms. The van der Waals surface area contributed by atoms with E-state index in [4.69, 9.17) is 20.9 Å². The molecule has 2 rings (SSSR count). The zero-order valence-electron chi connectivity index (χ0n) is 11.5. The van der Waals surface area contributed by atoms with Crippen LogP contribution in [-0.2, 0) is 15.0 Å². The monoisotopic (exact) mass is 316 g/mol. The summed E-state index contributed by atoms with van der Waals surface area (Å²) < 4.78 is 37.2. The van der Waals surface area contributed by atoms with Crippen LogP contribution in [0.5, 0.6) is 0 Å². The van der Waals surface area contributed by atoms with E-state index < -0.39 is 10.3 Å². The molecular formula is C10H14ClN2NaO4S. The van der Waals surface area contributed by atoms with E-state index in [1.165, 1.54) is 6.07 Å².